The molecule has 3 N–H and O–H groups in total. The number of guanidine groups is 2. The number of nitrogens with two attached hydrogens (primary N) is 1. The van der Waals surface area contributed by atoms with Gasteiger partial charge in [-0.1, -0.05) is 120 Å². The fourth-order valence-electron chi connectivity index (χ4n) is 8.24. The molecule has 1 unspecified atom stereocenters. The summed E-state index contributed by atoms with van der Waals surface area (Å²) in [6.45, 7) is 5.14. The first-order valence-electron chi connectivity index (χ1n) is 18.4. The summed E-state index contributed by atoms with van der Waals surface area (Å²) in [6.07, 6.45) is 5.82. The van der Waals surface area contributed by atoms with Gasteiger partial charge in [0, 0.05) is 38.3 Å². The van der Waals surface area contributed by atoms with E-state index in [1.807, 2.05) is 18.2 Å². The van der Waals surface area contributed by atoms with E-state index in [0.717, 1.165) is 76.9 Å². The van der Waals surface area contributed by atoms with Crippen molar-refractivity contribution in [3.8, 4) is 0 Å². The van der Waals surface area contributed by atoms with Gasteiger partial charge < -0.3 is 20.4 Å². The normalized spacial score (nSPS) is 21.5. The van der Waals surface area contributed by atoms with Gasteiger partial charge in [0.05, 0.1) is 28.7 Å². The molecule has 51 heavy (non-hydrogen) atoms. The van der Waals surface area contributed by atoms with Crippen LogP contribution >= 0.6 is 23.2 Å². The Kier molecular flexibility index (Phi) is 11.5. The molecular formula is C42H49Cl2N7. The van der Waals surface area contributed by atoms with Crippen molar-refractivity contribution in [3.63, 3.8) is 0 Å². The maximum atomic E-state index is 9.71. The van der Waals surface area contributed by atoms with Gasteiger partial charge in [-0.25, -0.2) is 0 Å². The van der Waals surface area contributed by atoms with Gasteiger partial charge in [0.15, 0.2) is 11.9 Å². The number of hydrogen-bond donors (Lipinski definition) is 2. The van der Waals surface area contributed by atoms with Gasteiger partial charge in [0.25, 0.3) is 0 Å². The molecule has 4 atom stereocenters. The average Bonchev–Trinajstić information content (AvgIpc) is 3.83. The molecule has 2 fully saturated rings. The highest BCUT2D eigenvalue weighted by Gasteiger charge is 2.40. The van der Waals surface area contributed by atoms with Crippen LogP contribution in [0.25, 0.3) is 0 Å². The third-order valence-corrected chi connectivity index (χ3v) is 11.7. The minimum atomic E-state index is 0.151. The second-order valence-electron chi connectivity index (χ2n) is 14.3. The van der Waals surface area contributed by atoms with Crippen molar-refractivity contribution in [2.75, 3.05) is 39.3 Å². The molecule has 9 heteroatoms. The smallest absolute Gasteiger partial charge is 0.194 e. The molecule has 3 heterocycles. The average molecular weight is 723 g/mol. The third kappa shape index (κ3) is 8.71. The second-order valence-corrected chi connectivity index (χ2v) is 15.2. The zero-order valence-electron chi connectivity index (χ0n) is 29.3. The van der Waals surface area contributed by atoms with E-state index in [1.54, 1.807) is 0 Å². The first kappa shape index (κ1) is 35.4. The summed E-state index contributed by atoms with van der Waals surface area (Å²) in [7, 11) is 0. The van der Waals surface area contributed by atoms with Crippen LogP contribution in [0.5, 0.6) is 0 Å². The van der Waals surface area contributed by atoms with E-state index in [1.165, 1.54) is 23.1 Å². The molecule has 0 spiro atoms. The van der Waals surface area contributed by atoms with E-state index in [2.05, 4.69) is 111 Å². The van der Waals surface area contributed by atoms with Crippen molar-refractivity contribution in [2.24, 2.45) is 10.7 Å². The lowest BCUT2D eigenvalue weighted by molar-refractivity contribution is 0.157. The summed E-state index contributed by atoms with van der Waals surface area (Å²) < 4.78 is 0. The number of aliphatic imine (C=N–C) groups is 1. The van der Waals surface area contributed by atoms with Crippen LogP contribution in [0.15, 0.2) is 114 Å². The molecule has 0 bridgehead atoms. The Morgan fingerprint density at radius 2 is 1.39 bits per heavy atom. The van der Waals surface area contributed by atoms with Gasteiger partial charge in [0.2, 0.25) is 0 Å². The highest BCUT2D eigenvalue weighted by molar-refractivity contribution is 6.42. The summed E-state index contributed by atoms with van der Waals surface area (Å²) >= 11 is 12.6. The van der Waals surface area contributed by atoms with E-state index in [9.17, 15) is 5.41 Å². The lowest BCUT2D eigenvalue weighted by atomic mass is 10.0. The highest BCUT2D eigenvalue weighted by atomic mass is 35.5. The topological polar surface area (TPSA) is 75.2 Å². The molecule has 3 aliphatic rings. The fourth-order valence-corrected chi connectivity index (χ4v) is 8.57. The number of halogens is 2. The molecule has 0 saturated carbocycles. The van der Waals surface area contributed by atoms with Crippen LogP contribution in [0.4, 0.5) is 0 Å². The zero-order valence-corrected chi connectivity index (χ0v) is 30.8. The Morgan fingerprint density at radius 1 is 0.745 bits per heavy atom. The Hall–Kier alpha value is -4.04. The highest BCUT2D eigenvalue weighted by Crippen LogP contribution is 2.29. The monoisotopic (exact) mass is 721 g/mol. The molecule has 0 aromatic heterocycles. The molecule has 4 aromatic carbocycles. The molecule has 0 radical (unpaired) electrons. The third-order valence-electron chi connectivity index (χ3n) is 11.0. The van der Waals surface area contributed by atoms with Gasteiger partial charge in [-0.2, -0.15) is 0 Å². The first-order chi connectivity index (χ1) is 24.9. The van der Waals surface area contributed by atoms with Crippen molar-refractivity contribution < 1.29 is 0 Å². The fraction of sp³-hybridized carbons (Fsp3) is 0.381. The summed E-state index contributed by atoms with van der Waals surface area (Å²) in [4.78, 5) is 14.5. The molecule has 0 amide bonds. The van der Waals surface area contributed by atoms with Crippen molar-refractivity contribution in [2.45, 2.75) is 62.7 Å². The number of rotatable bonds is 14. The quantitative estimate of drug-likeness (QED) is 0.147. The van der Waals surface area contributed by atoms with E-state index >= 15 is 0 Å². The van der Waals surface area contributed by atoms with Crippen molar-refractivity contribution in [1.29, 1.82) is 5.41 Å². The molecular weight excluding hydrogens is 673 g/mol. The van der Waals surface area contributed by atoms with E-state index < -0.39 is 0 Å². The van der Waals surface area contributed by atoms with Crippen LogP contribution in [-0.2, 0) is 25.7 Å². The Morgan fingerprint density at radius 3 is 2.06 bits per heavy atom. The predicted octanol–water partition coefficient (Wildman–Crippen LogP) is 7.02. The van der Waals surface area contributed by atoms with E-state index in [0.29, 0.717) is 28.0 Å². The van der Waals surface area contributed by atoms with Gasteiger partial charge in [-0.05, 0) is 79.5 Å². The standard InChI is InChI=1S/C42H49Cl2N7/c43-39-19-18-34(26-40(39)44)20-22-49-38(25-33-15-8-3-9-16-33)30-51(42(49)46)37(24-32-13-6-2-7-14-32)28-48-21-10-17-35(48)29-50-36(27-47-41(50)45)23-31-11-4-1-5-12-31/h1-9,11-16,18-19,26,35-38,46H,10,17,20-25,27-30H2,(H2,45,47)/t35?,36-,37-,38-/m0/s1. The van der Waals surface area contributed by atoms with Crippen molar-refractivity contribution in [3.05, 3.63) is 141 Å². The molecule has 4 aromatic rings. The van der Waals surface area contributed by atoms with Crippen LogP contribution in [0.3, 0.4) is 0 Å². The maximum Gasteiger partial charge on any atom is 0.194 e. The largest absolute Gasteiger partial charge is 0.370 e. The minimum absolute atomic E-state index is 0.151. The van der Waals surface area contributed by atoms with Gasteiger partial charge in [0.1, 0.15) is 0 Å². The van der Waals surface area contributed by atoms with Crippen molar-refractivity contribution >= 4 is 35.1 Å². The lowest BCUT2D eigenvalue weighted by Gasteiger charge is -2.37. The molecule has 266 valence electrons. The molecule has 7 rings (SSSR count). The SMILES string of the molecule is N=C1N(CCc2ccc(Cl)c(Cl)c2)[C@@H](Cc2ccccc2)CN1[C@@H](Cc1ccccc1)CN1CCCC1CN1C(N)=NC[C@@H]1Cc1ccccc1. The summed E-state index contributed by atoms with van der Waals surface area (Å²) in [5.74, 6) is 1.29. The van der Waals surface area contributed by atoms with Crippen LogP contribution in [-0.4, -0.2) is 95.0 Å². The number of benzene rings is 4. The number of nitrogens with one attached hydrogen (secondary N) is 1. The van der Waals surface area contributed by atoms with Crippen molar-refractivity contribution in [1.82, 2.24) is 19.6 Å². The molecule has 7 nitrogen and oxygen atoms in total. The minimum Gasteiger partial charge on any atom is -0.370 e. The van der Waals surface area contributed by atoms with Crippen LogP contribution in [0, 0.1) is 5.41 Å². The summed E-state index contributed by atoms with van der Waals surface area (Å²) in [5.41, 5.74) is 11.6. The number of hydrogen-bond acceptors (Lipinski definition) is 5. The maximum absolute atomic E-state index is 9.71. The zero-order chi connectivity index (χ0) is 35.2. The van der Waals surface area contributed by atoms with Gasteiger partial charge in [-0.3, -0.25) is 15.3 Å². The molecule has 0 aliphatic carbocycles. The molecule has 2 saturated heterocycles. The van der Waals surface area contributed by atoms with Crippen LogP contribution in [0.1, 0.15) is 35.1 Å². The Labute approximate surface area is 313 Å². The van der Waals surface area contributed by atoms with Gasteiger partial charge >= 0.3 is 0 Å². The summed E-state index contributed by atoms with van der Waals surface area (Å²) in [6, 6.07) is 39.1. The first-order valence-corrected chi connectivity index (χ1v) is 19.1. The number of nitrogens with zero attached hydrogens (tertiary/aromatic N) is 5. The number of likely N-dealkylation sites (tertiary alicyclic amines) is 1. The predicted molar refractivity (Wildman–Crippen MR) is 211 cm³/mol. The van der Waals surface area contributed by atoms with Crippen LogP contribution in [0.2, 0.25) is 10.0 Å². The van der Waals surface area contributed by atoms with E-state index in [4.69, 9.17) is 33.9 Å². The summed E-state index contributed by atoms with van der Waals surface area (Å²) in [5, 5.41) is 10.8. The second kappa shape index (κ2) is 16.5. The Bertz CT molecular complexity index is 1770. The Balaban J connectivity index is 1.11. The lowest BCUT2D eigenvalue weighted by Crippen LogP contribution is -2.52. The van der Waals surface area contributed by atoms with Crippen LogP contribution < -0.4 is 5.73 Å². The van der Waals surface area contributed by atoms with E-state index in [-0.39, 0.29) is 18.1 Å². The van der Waals surface area contributed by atoms with Gasteiger partial charge in [-0.15, -0.1) is 0 Å². The molecule has 3 aliphatic heterocycles.